The Kier molecular flexibility index (Phi) is 6.15. The maximum absolute atomic E-state index is 12.2. The summed E-state index contributed by atoms with van der Waals surface area (Å²) in [6.07, 6.45) is 0.193. The molecule has 0 spiro atoms. The van der Waals surface area contributed by atoms with E-state index in [9.17, 15) is 9.90 Å². The van der Waals surface area contributed by atoms with Crippen LogP contribution >= 0.6 is 0 Å². The summed E-state index contributed by atoms with van der Waals surface area (Å²) in [4.78, 5) is 28.0. The Balaban J connectivity index is 1.37. The average Bonchev–Trinajstić information content (AvgIpc) is 3.45. The largest absolute Gasteiger partial charge is 0.388 e. The van der Waals surface area contributed by atoms with Crippen molar-refractivity contribution in [2.75, 3.05) is 18.9 Å². The molecule has 4 unspecified atom stereocenters. The van der Waals surface area contributed by atoms with Crippen LogP contribution in [0.2, 0.25) is 0 Å². The van der Waals surface area contributed by atoms with E-state index < -0.39 is 30.4 Å². The minimum Gasteiger partial charge on any atom is -0.388 e. The highest BCUT2D eigenvalue weighted by atomic mass is 16.5. The fourth-order valence-electron chi connectivity index (χ4n) is 4.43. The molecule has 0 radical (unpaired) electrons. The van der Waals surface area contributed by atoms with Gasteiger partial charge in [-0.25, -0.2) is 15.0 Å². The normalized spacial score (nSPS) is 21.7. The number of rotatable bonds is 7. The number of nitrogens with zero attached hydrogens (tertiary/aromatic N) is 7. The van der Waals surface area contributed by atoms with Gasteiger partial charge in [0.25, 0.3) is 0 Å². The van der Waals surface area contributed by atoms with E-state index in [1.807, 2.05) is 18.2 Å². The van der Waals surface area contributed by atoms with E-state index in [1.165, 1.54) is 40.6 Å². The lowest BCUT2D eigenvalue weighted by molar-refractivity contribution is -0.134. The van der Waals surface area contributed by atoms with Crippen LogP contribution in [-0.4, -0.2) is 62.4 Å². The molecule has 4 atom stereocenters. The molecule has 5 rings (SSSR count). The smallest absolute Gasteiger partial charge is 0.249 e. The Morgan fingerprint density at radius 1 is 1.23 bits per heavy atom. The summed E-state index contributed by atoms with van der Waals surface area (Å²) in [5.74, 6) is 0.0368. The zero-order chi connectivity index (χ0) is 24.4. The van der Waals surface area contributed by atoms with Crippen molar-refractivity contribution in [3.8, 4) is 0 Å². The topological polar surface area (TPSA) is 163 Å². The molecular weight excluding hydrogens is 450 g/mol. The number of aliphatic hydroxyl groups is 1. The predicted molar refractivity (Wildman–Crippen MR) is 128 cm³/mol. The number of benzene rings is 2. The molecule has 12 heteroatoms. The van der Waals surface area contributed by atoms with Crippen LogP contribution < -0.4 is 10.6 Å². The van der Waals surface area contributed by atoms with Crippen molar-refractivity contribution in [1.82, 2.24) is 24.8 Å². The summed E-state index contributed by atoms with van der Waals surface area (Å²) in [6.45, 7) is 0.618. The third kappa shape index (κ3) is 4.10. The maximum atomic E-state index is 12.2. The molecule has 0 aliphatic carbocycles. The van der Waals surface area contributed by atoms with Crippen molar-refractivity contribution in [2.45, 2.75) is 30.9 Å². The van der Waals surface area contributed by atoms with Crippen molar-refractivity contribution in [2.24, 2.45) is 5.11 Å². The number of likely N-dealkylation sites (N-methyl/N-ethyl adjacent to an activating group) is 1. The Morgan fingerprint density at radius 2 is 2.06 bits per heavy atom. The molecule has 3 heterocycles. The number of aromatic nitrogens is 4. The first kappa shape index (κ1) is 22.5. The lowest BCUT2D eigenvalue weighted by Gasteiger charge is -2.16. The number of anilines is 1. The number of hydrogen-bond donors (Lipinski definition) is 3. The molecule has 1 aliphatic rings. The molecule has 1 amide bonds. The van der Waals surface area contributed by atoms with E-state index in [-0.39, 0.29) is 0 Å². The second-order valence-electron chi connectivity index (χ2n) is 8.11. The van der Waals surface area contributed by atoms with Gasteiger partial charge in [-0.05, 0) is 28.3 Å². The number of ether oxygens (including phenoxy) is 1. The predicted octanol–water partition coefficient (Wildman–Crippen LogP) is 2.32. The van der Waals surface area contributed by atoms with Gasteiger partial charge in [-0.1, -0.05) is 47.6 Å². The minimum absolute atomic E-state index is 0.411. The third-order valence-electron chi connectivity index (χ3n) is 6.13. The fraction of sp³-hybridized carbons (Fsp3) is 0.304. The van der Waals surface area contributed by atoms with Gasteiger partial charge in [0.15, 0.2) is 23.2 Å². The highest BCUT2D eigenvalue weighted by Gasteiger charge is 2.48. The molecule has 12 nitrogen and oxygen atoms in total. The van der Waals surface area contributed by atoms with Gasteiger partial charge in [0, 0.05) is 18.5 Å². The Hall–Kier alpha value is -4.25. The van der Waals surface area contributed by atoms with Crippen LogP contribution in [-0.2, 0) is 16.0 Å². The summed E-state index contributed by atoms with van der Waals surface area (Å²) >= 11 is 0. The molecule has 3 N–H and O–H groups in total. The molecule has 4 aromatic rings. The van der Waals surface area contributed by atoms with Crippen LogP contribution in [0.25, 0.3) is 32.4 Å². The molecule has 1 fully saturated rings. The van der Waals surface area contributed by atoms with Gasteiger partial charge in [0.2, 0.25) is 5.91 Å². The first-order chi connectivity index (χ1) is 17.1. The Labute approximate surface area is 199 Å². The number of aliphatic hydroxyl groups excluding tert-OH is 1. The molecule has 0 bridgehead atoms. The average molecular weight is 473 g/mol. The summed E-state index contributed by atoms with van der Waals surface area (Å²) < 4.78 is 7.29. The van der Waals surface area contributed by atoms with Gasteiger partial charge in [0.1, 0.15) is 24.6 Å². The number of azide groups is 1. The molecule has 0 saturated carbocycles. The fourth-order valence-corrected chi connectivity index (χ4v) is 4.43. The first-order valence-electron chi connectivity index (χ1n) is 11.1. The quantitative estimate of drug-likeness (QED) is 0.211. The Bertz CT molecular complexity index is 1430. The zero-order valence-electron chi connectivity index (χ0n) is 18.8. The summed E-state index contributed by atoms with van der Waals surface area (Å²) in [6, 6.07) is 13.4. The Morgan fingerprint density at radius 3 is 2.89 bits per heavy atom. The number of carbonyl (C=O) groups excluding carboxylic acids is 1. The zero-order valence-corrected chi connectivity index (χ0v) is 18.8. The van der Waals surface area contributed by atoms with Crippen LogP contribution in [0.4, 0.5) is 5.82 Å². The molecular formula is C23H23N9O3. The van der Waals surface area contributed by atoms with E-state index in [0.29, 0.717) is 23.5 Å². The van der Waals surface area contributed by atoms with Gasteiger partial charge in [-0.3, -0.25) is 9.36 Å². The summed E-state index contributed by atoms with van der Waals surface area (Å²) in [7, 11) is 1.44. The van der Waals surface area contributed by atoms with Gasteiger partial charge in [0.05, 0.1) is 6.33 Å². The number of fused-ring (bicyclic) bond motifs is 2. The highest BCUT2D eigenvalue weighted by Crippen LogP contribution is 2.34. The van der Waals surface area contributed by atoms with Crippen molar-refractivity contribution in [3.05, 3.63) is 71.1 Å². The molecule has 1 aliphatic heterocycles. The number of carbonyl (C=O) groups is 1. The van der Waals surface area contributed by atoms with Crippen molar-refractivity contribution >= 4 is 33.7 Å². The number of hydrogen-bond acceptors (Lipinski definition) is 8. The summed E-state index contributed by atoms with van der Waals surface area (Å²) in [5, 5.41) is 22.5. The minimum atomic E-state index is -1.27. The van der Waals surface area contributed by atoms with Crippen LogP contribution in [0.5, 0.6) is 0 Å². The summed E-state index contributed by atoms with van der Waals surface area (Å²) in [5.41, 5.74) is 11.0. The van der Waals surface area contributed by atoms with Gasteiger partial charge < -0.3 is 20.5 Å². The SMILES string of the molecule is CNC(=O)C1OC(n2cnc3c(NCCc4cccc5ccccc45)ncnc32)C(O)C1N=[N+]=[N-]. The van der Waals surface area contributed by atoms with E-state index in [4.69, 9.17) is 10.3 Å². The molecule has 2 aromatic heterocycles. The maximum Gasteiger partial charge on any atom is 0.249 e. The van der Waals surface area contributed by atoms with E-state index >= 15 is 0 Å². The van der Waals surface area contributed by atoms with E-state index in [0.717, 1.165) is 6.42 Å². The molecule has 2 aromatic carbocycles. The second-order valence-corrected chi connectivity index (χ2v) is 8.11. The van der Waals surface area contributed by atoms with Crippen LogP contribution in [0.3, 0.4) is 0 Å². The van der Waals surface area contributed by atoms with Gasteiger partial charge in [-0.15, -0.1) is 0 Å². The van der Waals surface area contributed by atoms with Crippen LogP contribution in [0, 0.1) is 0 Å². The lowest BCUT2D eigenvalue weighted by atomic mass is 10.0. The van der Waals surface area contributed by atoms with Crippen molar-refractivity contribution < 1.29 is 14.6 Å². The number of imidazole rings is 1. The van der Waals surface area contributed by atoms with Gasteiger partial charge in [-0.2, -0.15) is 0 Å². The first-order valence-corrected chi connectivity index (χ1v) is 11.1. The number of amides is 1. The second kappa shape index (κ2) is 9.55. The van der Waals surface area contributed by atoms with Crippen molar-refractivity contribution in [1.29, 1.82) is 0 Å². The molecule has 178 valence electrons. The van der Waals surface area contributed by atoms with Crippen molar-refractivity contribution in [3.63, 3.8) is 0 Å². The van der Waals surface area contributed by atoms with Gasteiger partial charge >= 0.3 is 0 Å². The van der Waals surface area contributed by atoms with E-state index in [1.54, 1.807) is 0 Å². The lowest BCUT2D eigenvalue weighted by Crippen LogP contribution is -2.40. The standard InChI is InChI=1S/C23H23N9O3/c1-25-22(34)19-16(30-31-24)18(33)23(35-19)32-12-29-17-20(27-11-28-21(17)32)26-10-9-14-7-4-6-13-5-2-3-8-15(13)14/h2-8,11-12,16,18-19,23,33H,9-10H2,1H3,(H,25,34)(H,26,27,28). The highest BCUT2D eigenvalue weighted by molar-refractivity contribution is 5.86. The van der Waals surface area contributed by atoms with Crippen LogP contribution in [0.1, 0.15) is 11.8 Å². The molecule has 1 saturated heterocycles. The number of nitrogens with one attached hydrogen (secondary N) is 2. The van der Waals surface area contributed by atoms with E-state index in [2.05, 4.69) is 59.9 Å². The third-order valence-corrected chi connectivity index (χ3v) is 6.13. The molecule has 35 heavy (non-hydrogen) atoms. The van der Waals surface area contributed by atoms with Crippen LogP contribution in [0.15, 0.2) is 60.2 Å². The monoisotopic (exact) mass is 473 g/mol.